The first-order chi connectivity index (χ1) is 12.4. The lowest BCUT2D eigenvalue weighted by molar-refractivity contribution is 0.182. The smallest absolute Gasteiger partial charge is 0.303 e. The molecule has 3 rings (SSSR count). The van der Waals surface area contributed by atoms with E-state index in [1.54, 1.807) is 22.8 Å². The first kappa shape index (κ1) is 19.5. The highest BCUT2D eigenvalue weighted by Crippen LogP contribution is 2.21. The van der Waals surface area contributed by atoms with Gasteiger partial charge in [-0.15, -0.1) is 0 Å². The van der Waals surface area contributed by atoms with Crippen molar-refractivity contribution in [3.05, 3.63) is 27.9 Å². The number of nitrogens with one attached hydrogen (secondary N) is 1. The lowest BCUT2D eigenvalue weighted by atomic mass is 10.0. The van der Waals surface area contributed by atoms with Gasteiger partial charge in [0.25, 0.3) is 0 Å². The molecule has 144 valence electrons. The Balaban J connectivity index is 1.61. The molecule has 1 saturated heterocycles. The zero-order valence-electron chi connectivity index (χ0n) is 15.4. The van der Waals surface area contributed by atoms with Crippen LogP contribution < -0.4 is 9.60 Å². The molecule has 0 radical (unpaired) electrons. The van der Waals surface area contributed by atoms with Gasteiger partial charge >= 0.3 is 4.87 Å². The number of thiazole rings is 1. The Morgan fingerprint density at radius 1 is 1.35 bits per heavy atom. The van der Waals surface area contributed by atoms with Crippen LogP contribution in [0.5, 0.6) is 0 Å². The van der Waals surface area contributed by atoms with E-state index in [-0.39, 0.29) is 9.77 Å². The molecule has 1 aliphatic heterocycles. The summed E-state index contributed by atoms with van der Waals surface area (Å²) in [6.07, 6.45) is 3.32. The van der Waals surface area contributed by atoms with Crippen LogP contribution in [0.3, 0.4) is 0 Å². The molecule has 1 aliphatic rings. The van der Waals surface area contributed by atoms with E-state index >= 15 is 0 Å². The largest absolute Gasteiger partial charge is 0.308 e. The number of aromatic nitrogens is 1. The first-order valence-electron chi connectivity index (χ1n) is 9.26. The number of hydrogen-bond acceptors (Lipinski definition) is 5. The van der Waals surface area contributed by atoms with E-state index in [2.05, 4.69) is 16.5 Å². The number of rotatable bonds is 7. The van der Waals surface area contributed by atoms with Gasteiger partial charge in [-0.1, -0.05) is 18.3 Å². The minimum Gasteiger partial charge on any atom is -0.303 e. The molecular weight excluding hydrogens is 370 g/mol. The number of fused-ring (bicyclic) bond motifs is 1. The Bertz CT molecular complexity index is 917. The van der Waals surface area contributed by atoms with Crippen LogP contribution in [0.15, 0.2) is 27.9 Å². The van der Waals surface area contributed by atoms with E-state index in [0.29, 0.717) is 17.8 Å². The Kier molecular flexibility index (Phi) is 6.17. The molecule has 1 fully saturated rings. The second-order valence-electron chi connectivity index (χ2n) is 7.04. The molecule has 2 aromatic rings. The lowest BCUT2D eigenvalue weighted by Crippen LogP contribution is -2.36. The van der Waals surface area contributed by atoms with Gasteiger partial charge < -0.3 is 4.90 Å². The average Bonchev–Trinajstić information content (AvgIpc) is 2.93. The van der Waals surface area contributed by atoms with Crippen LogP contribution in [0.25, 0.3) is 10.2 Å². The third-order valence-corrected chi connectivity index (χ3v) is 7.35. The van der Waals surface area contributed by atoms with E-state index in [0.717, 1.165) is 48.8 Å². The second kappa shape index (κ2) is 8.21. The van der Waals surface area contributed by atoms with Gasteiger partial charge in [-0.2, -0.15) is 0 Å². The van der Waals surface area contributed by atoms with Crippen LogP contribution in [-0.4, -0.2) is 44.1 Å². The van der Waals surface area contributed by atoms with Gasteiger partial charge in [0.1, 0.15) is 0 Å². The van der Waals surface area contributed by atoms with Crippen molar-refractivity contribution in [3.8, 4) is 0 Å². The number of piperidine rings is 1. The van der Waals surface area contributed by atoms with Crippen molar-refractivity contribution in [2.75, 3.05) is 26.2 Å². The fraction of sp³-hybridized carbons (Fsp3) is 0.611. The van der Waals surface area contributed by atoms with Crippen molar-refractivity contribution >= 4 is 31.6 Å². The summed E-state index contributed by atoms with van der Waals surface area (Å²) >= 11 is 1.09. The van der Waals surface area contributed by atoms with Crippen molar-refractivity contribution in [3.63, 3.8) is 0 Å². The highest BCUT2D eigenvalue weighted by atomic mass is 32.2. The van der Waals surface area contributed by atoms with Crippen molar-refractivity contribution in [2.24, 2.45) is 5.92 Å². The van der Waals surface area contributed by atoms with Crippen LogP contribution in [0.4, 0.5) is 0 Å². The molecule has 0 spiro atoms. The first-order valence-corrected chi connectivity index (χ1v) is 11.6. The Labute approximate surface area is 158 Å². The van der Waals surface area contributed by atoms with Crippen LogP contribution in [0.2, 0.25) is 0 Å². The minimum absolute atomic E-state index is 0.0548. The van der Waals surface area contributed by atoms with Crippen LogP contribution in [0.1, 0.15) is 33.1 Å². The molecule has 2 heterocycles. The molecule has 1 unspecified atom stereocenters. The molecule has 0 aliphatic carbocycles. The number of sulfonamides is 1. The van der Waals surface area contributed by atoms with Gasteiger partial charge in [-0.05, 0) is 63.4 Å². The van der Waals surface area contributed by atoms with Crippen LogP contribution in [0, 0.1) is 5.92 Å². The van der Waals surface area contributed by atoms with E-state index < -0.39 is 10.0 Å². The third kappa shape index (κ3) is 4.36. The topological polar surface area (TPSA) is 71.4 Å². The predicted octanol–water partition coefficient (Wildman–Crippen LogP) is 2.48. The maximum Gasteiger partial charge on any atom is 0.308 e. The quantitative estimate of drug-likeness (QED) is 0.729. The molecular formula is C18H27N3O3S2. The molecule has 6 nitrogen and oxygen atoms in total. The summed E-state index contributed by atoms with van der Waals surface area (Å²) in [5.41, 5.74) is 0.792. The van der Waals surface area contributed by atoms with Gasteiger partial charge in [0.15, 0.2) is 0 Å². The summed E-state index contributed by atoms with van der Waals surface area (Å²) < 4.78 is 30.1. The van der Waals surface area contributed by atoms with E-state index in [1.807, 2.05) is 6.92 Å². The molecule has 0 bridgehead atoms. The number of benzene rings is 1. The molecule has 26 heavy (non-hydrogen) atoms. The molecule has 1 atom stereocenters. The molecule has 0 saturated carbocycles. The van der Waals surface area contributed by atoms with Gasteiger partial charge in [-0.3, -0.25) is 9.36 Å². The van der Waals surface area contributed by atoms with E-state index in [4.69, 9.17) is 0 Å². The Morgan fingerprint density at radius 3 is 2.88 bits per heavy atom. The second-order valence-corrected chi connectivity index (χ2v) is 9.80. The number of aryl methyl sites for hydroxylation is 1. The maximum atomic E-state index is 12.5. The highest BCUT2D eigenvalue weighted by Gasteiger charge is 2.18. The fourth-order valence-electron chi connectivity index (χ4n) is 3.60. The number of hydrogen-bond donors (Lipinski definition) is 1. The number of nitrogens with zero attached hydrogens (tertiary/aromatic N) is 2. The zero-order valence-corrected chi connectivity index (χ0v) is 17.0. The highest BCUT2D eigenvalue weighted by molar-refractivity contribution is 7.89. The van der Waals surface area contributed by atoms with Crippen LogP contribution in [-0.2, 0) is 16.6 Å². The number of likely N-dealkylation sites (tertiary alicyclic amines) is 1. The summed E-state index contributed by atoms with van der Waals surface area (Å²) in [6, 6.07) is 4.90. The van der Waals surface area contributed by atoms with Crippen molar-refractivity contribution < 1.29 is 8.42 Å². The maximum absolute atomic E-state index is 12.5. The minimum atomic E-state index is -3.55. The fourth-order valence-corrected chi connectivity index (χ4v) is 5.76. The monoisotopic (exact) mass is 397 g/mol. The van der Waals surface area contributed by atoms with Crippen molar-refractivity contribution in [2.45, 2.75) is 44.6 Å². The van der Waals surface area contributed by atoms with Crippen LogP contribution >= 0.6 is 11.3 Å². The predicted molar refractivity (Wildman–Crippen MR) is 106 cm³/mol. The molecule has 1 aromatic carbocycles. The molecule has 1 aromatic heterocycles. The van der Waals surface area contributed by atoms with Crippen molar-refractivity contribution in [1.29, 1.82) is 0 Å². The van der Waals surface area contributed by atoms with Gasteiger partial charge in [0.2, 0.25) is 10.0 Å². The summed E-state index contributed by atoms with van der Waals surface area (Å²) in [5, 5.41) is 0. The van der Waals surface area contributed by atoms with E-state index in [9.17, 15) is 13.2 Å². The summed E-state index contributed by atoms with van der Waals surface area (Å²) in [4.78, 5) is 14.5. The Morgan fingerprint density at radius 2 is 2.15 bits per heavy atom. The van der Waals surface area contributed by atoms with Gasteiger partial charge in [-0.25, -0.2) is 13.1 Å². The van der Waals surface area contributed by atoms with Crippen molar-refractivity contribution in [1.82, 2.24) is 14.2 Å². The summed E-state index contributed by atoms with van der Waals surface area (Å²) in [5.74, 6) is 0.731. The average molecular weight is 398 g/mol. The molecule has 8 heteroatoms. The summed E-state index contributed by atoms with van der Waals surface area (Å²) in [6.45, 7) is 8.33. The van der Waals surface area contributed by atoms with Gasteiger partial charge in [0, 0.05) is 19.6 Å². The lowest BCUT2D eigenvalue weighted by Gasteiger charge is -2.30. The van der Waals surface area contributed by atoms with E-state index in [1.165, 1.54) is 12.8 Å². The zero-order chi connectivity index (χ0) is 18.7. The standard InChI is InChI=1S/C18H27N3O3S2/c1-3-21-16-8-7-15(12-17(16)25-18(21)22)26(23,24)19-9-5-11-20-10-4-6-14(2)13-20/h7-8,12,14,19H,3-6,9-11,13H2,1-2H3. The Hall–Kier alpha value is -1.22. The SMILES string of the molecule is CCn1c(=O)sc2cc(S(=O)(=O)NCCCN3CCCC(C)C3)ccc21. The summed E-state index contributed by atoms with van der Waals surface area (Å²) in [7, 11) is -3.55. The normalized spacial score (nSPS) is 19.2. The van der Waals surface area contributed by atoms with Gasteiger partial charge in [0.05, 0.1) is 15.1 Å². The third-order valence-electron chi connectivity index (χ3n) is 4.95. The molecule has 0 amide bonds. The molecule has 1 N–H and O–H groups in total.